The molecule has 0 spiro atoms. The van der Waals surface area contributed by atoms with Crippen molar-refractivity contribution >= 4 is 11.8 Å². The smallest absolute Gasteiger partial charge is 0.258 e. The summed E-state index contributed by atoms with van der Waals surface area (Å²) in [6, 6.07) is 5.73. The van der Waals surface area contributed by atoms with Gasteiger partial charge in [-0.1, -0.05) is 12.1 Å². The van der Waals surface area contributed by atoms with Gasteiger partial charge in [-0.25, -0.2) is 0 Å². The normalized spacial score (nSPS) is 15.9. The Balaban J connectivity index is 1.95. The number of rotatable bonds is 5. The van der Waals surface area contributed by atoms with E-state index < -0.39 is 0 Å². The lowest BCUT2D eigenvalue weighted by Crippen LogP contribution is -2.22. The predicted molar refractivity (Wildman–Crippen MR) is 92.8 cm³/mol. The topological polar surface area (TPSA) is 93.5 Å². The molecule has 0 bridgehead atoms. The number of nitrogens with two attached hydrogens (primary N) is 1. The molecule has 0 fully saturated rings. The molecule has 1 aliphatic heterocycles. The van der Waals surface area contributed by atoms with E-state index >= 15 is 0 Å². The number of hydrogen-bond donors (Lipinski definition) is 2. The number of nitrogen functional groups attached to an aromatic ring is 1. The van der Waals surface area contributed by atoms with E-state index in [2.05, 4.69) is 16.5 Å². The van der Waals surface area contributed by atoms with E-state index in [4.69, 9.17) is 15.2 Å². The van der Waals surface area contributed by atoms with Gasteiger partial charge in [0, 0.05) is 19.0 Å². The molecule has 0 saturated heterocycles. The third kappa shape index (κ3) is 2.68. The summed E-state index contributed by atoms with van der Waals surface area (Å²) in [7, 11) is 3.20. The molecule has 0 saturated carbocycles. The van der Waals surface area contributed by atoms with Crippen LogP contribution in [0.5, 0.6) is 11.5 Å². The maximum Gasteiger partial charge on any atom is 0.258 e. The molecule has 3 rings (SSSR count). The lowest BCUT2D eigenvalue weighted by Gasteiger charge is -2.19. The zero-order valence-corrected chi connectivity index (χ0v) is 13.7. The van der Waals surface area contributed by atoms with Crippen LogP contribution in [-0.2, 0) is 6.54 Å². The number of aromatic nitrogens is 2. The Morgan fingerprint density at radius 2 is 2.17 bits per heavy atom. The van der Waals surface area contributed by atoms with E-state index in [1.165, 1.54) is 0 Å². The largest absolute Gasteiger partial charge is 0.493 e. The van der Waals surface area contributed by atoms with Crippen LogP contribution in [0.3, 0.4) is 0 Å². The second-order valence-electron chi connectivity index (χ2n) is 5.60. The maximum absolute atomic E-state index is 12.2. The van der Waals surface area contributed by atoms with E-state index in [1.807, 2.05) is 23.1 Å². The lowest BCUT2D eigenvalue weighted by molar-refractivity contribution is 0.354. The number of anilines is 2. The van der Waals surface area contributed by atoms with Gasteiger partial charge in [0.05, 0.1) is 19.8 Å². The molecule has 7 nitrogen and oxygen atoms in total. The Morgan fingerprint density at radius 3 is 2.83 bits per heavy atom. The minimum absolute atomic E-state index is 0.0722. The number of ether oxygens (including phenoxy) is 2. The Morgan fingerprint density at radius 1 is 1.42 bits per heavy atom. The molecule has 0 radical (unpaired) electrons. The summed E-state index contributed by atoms with van der Waals surface area (Å²) in [6.07, 6.45) is 1.76. The summed E-state index contributed by atoms with van der Waals surface area (Å²) >= 11 is 0. The Hall–Kier alpha value is -2.96. The van der Waals surface area contributed by atoms with E-state index in [-0.39, 0.29) is 17.4 Å². The number of aromatic amines is 1. The minimum atomic E-state index is -0.211. The van der Waals surface area contributed by atoms with Crippen molar-refractivity contribution in [3.05, 3.63) is 52.3 Å². The highest BCUT2D eigenvalue weighted by molar-refractivity contribution is 5.57. The zero-order valence-electron chi connectivity index (χ0n) is 13.7. The number of H-pyrrole nitrogens is 1. The fourth-order valence-corrected chi connectivity index (χ4v) is 3.01. The first-order chi connectivity index (χ1) is 11.6. The van der Waals surface area contributed by atoms with Crippen LogP contribution in [0.4, 0.5) is 11.8 Å². The van der Waals surface area contributed by atoms with Crippen molar-refractivity contribution in [3.63, 3.8) is 0 Å². The highest BCUT2D eigenvalue weighted by Crippen LogP contribution is 2.35. The van der Waals surface area contributed by atoms with Gasteiger partial charge in [0.25, 0.3) is 5.56 Å². The van der Waals surface area contributed by atoms with Gasteiger partial charge in [-0.2, -0.15) is 4.98 Å². The molecule has 24 heavy (non-hydrogen) atoms. The van der Waals surface area contributed by atoms with Gasteiger partial charge < -0.3 is 20.1 Å². The average Bonchev–Trinajstić information content (AvgIpc) is 2.92. The molecule has 1 aliphatic rings. The second kappa shape index (κ2) is 6.27. The van der Waals surface area contributed by atoms with Crippen LogP contribution in [0.25, 0.3) is 0 Å². The van der Waals surface area contributed by atoms with Crippen LogP contribution < -0.4 is 25.7 Å². The molecular formula is C17H20N4O3. The number of hydrogen-bond acceptors (Lipinski definition) is 6. The van der Waals surface area contributed by atoms with Crippen LogP contribution in [0.1, 0.15) is 17.0 Å². The molecule has 2 aromatic rings. The first-order valence-corrected chi connectivity index (χ1v) is 7.55. The summed E-state index contributed by atoms with van der Waals surface area (Å²) in [4.78, 5) is 21.1. The summed E-state index contributed by atoms with van der Waals surface area (Å²) < 4.78 is 10.6. The first kappa shape index (κ1) is 15.9. The van der Waals surface area contributed by atoms with Gasteiger partial charge in [-0.05, 0) is 17.7 Å². The van der Waals surface area contributed by atoms with Crippen LogP contribution in [0.2, 0.25) is 0 Å². The van der Waals surface area contributed by atoms with E-state index in [9.17, 15) is 4.79 Å². The molecule has 1 aromatic heterocycles. The number of fused-ring (bicyclic) bond motifs is 1. The zero-order chi connectivity index (χ0) is 17.3. The van der Waals surface area contributed by atoms with Crippen molar-refractivity contribution in [2.24, 2.45) is 0 Å². The average molecular weight is 328 g/mol. The molecular weight excluding hydrogens is 308 g/mol. The first-order valence-electron chi connectivity index (χ1n) is 7.55. The summed E-state index contributed by atoms with van der Waals surface area (Å²) in [6.45, 7) is 5.03. The van der Waals surface area contributed by atoms with E-state index in [1.54, 1.807) is 20.3 Å². The molecule has 1 atom stereocenters. The third-order valence-electron chi connectivity index (χ3n) is 4.15. The molecule has 7 heteroatoms. The van der Waals surface area contributed by atoms with Crippen molar-refractivity contribution in [2.75, 3.05) is 31.4 Å². The van der Waals surface area contributed by atoms with Gasteiger partial charge in [0.15, 0.2) is 11.5 Å². The SMILES string of the molecule is C=CC1CN(Cc2ccc(OC)c(OC)c2)c2nc(N)[nH]c(=O)c21. The van der Waals surface area contributed by atoms with Crippen LogP contribution in [0.15, 0.2) is 35.6 Å². The fourth-order valence-electron chi connectivity index (χ4n) is 3.01. The quantitative estimate of drug-likeness (QED) is 0.811. The number of nitrogens with zero attached hydrogens (tertiary/aromatic N) is 2. The van der Waals surface area contributed by atoms with Gasteiger partial charge in [-0.3, -0.25) is 9.78 Å². The second-order valence-corrected chi connectivity index (χ2v) is 5.60. The van der Waals surface area contributed by atoms with Gasteiger partial charge in [-0.15, -0.1) is 6.58 Å². The molecule has 126 valence electrons. The maximum atomic E-state index is 12.2. The number of nitrogens with one attached hydrogen (secondary N) is 1. The monoisotopic (exact) mass is 328 g/mol. The molecule has 1 aromatic carbocycles. The van der Waals surface area contributed by atoms with Crippen LogP contribution >= 0.6 is 0 Å². The van der Waals surface area contributed by atoms with E-state index in [0.29, 0.717) is 36.0 Å². The number of benzene rings is 1. The minimum Gasteiger partial charge on any atom is -0.493 e. The summed E-state index contributed by atoms with van der Waals surface area (Å²) in [5, 5.41) is 0. The van der Waals surface area contributed by atoms with Crippen molar-refractivity contribution in [1.82, 2.24) is 9.97 Å². The fraction of sp³-hybridized carbons (Fsp3) is 0.294. The predicted octanol–water partition coefficient (Wildman–Crippen LogP) is 1.66. The van der Waals surface area contributed by atoms with Crippen molar-refractivity contribution in [3.8, 4) is 11.5 Å². The standard InChI is InChI=1S/C17H20N4O3/c1-4-11-9-21(15-14(11)16(22)20-17(18)19-15)8-10-5-6-12(23-2)13(7-10)24-3/h4-7,11H,1,8-9H2,2-3H3,(H3,18,19,20,22). The molecule has 1 unspecified atom stereocenters. The molecule has 0 amide bonds. The molecule has 3 N–H and O–H groups in total. The van der Waals surface area contributed by atoms with Gasteiger partial charge in [0.1, 0.15) is 5.82 Å². The lowest BCUT2D eigenvalue weighted by atomic mass is 10.1. The summed E-state index contributed by atoms with van der Waals surface area (Å²) in [5.74, 6) is 1.98. The van der Waals surface area contributed by atoms with E-state index in [0.717, 1.165) is 5.56 Å². The van der Waals surface area contributed by atoms with Crippen LogP contribution in [-0.4, -0.2) is 30.7 Å². The summed E-state index contributed by atoms with van der Waals surface area (Å²) in [5.41, 5.74) is 7.12. The van der Waals surface area contributed by atoms with Crippen molar-refractivity contribution in [1.29, 1.82) is 0 Å². The number of methoxy groups -OCH3 is 2. The molecule has 0 aliphatic carbocycles. The Bertz CT molecular complexity index is 831. The van der Waals surface area contributed by atoms with Gasteiger partial charge in [0.2, 0.25) is 5.95 Å². The highest BCUT2D eigenvalue weighted by Gasteiger charge is 2.31. The Kier molecular flexibility index (Phi) is 4.16. The van der Waals surface area contributed by atoms with Crippen molar-refractivity contribution in [2.45, 2.75) is 12.5 Å². The third-order valence-corrected chi connectivity index (χ3v) is 4.15. The van der Waals surface area contributed by atoms with Crippen LogP contribution in [0, 0.1) is 0 Å². The highest BCUT2D eigenvalue weighted by atomic mass is 16.5. The molecule has 2 heterocycles. The van der Waals surface area contributed by atoms with Crippen molar-refractivity contribution < 1.29 is 9.47 Å². The van der Waals surface area contributed by atoms with Gasteiger partial charge >= 0.3 is 0 Å². The Labute approximate surface area is 139 Å².